The Balaban J connectivity index is 2.03. The van der Waals surface area contributed by atoms with Crippen molar-refractivity contribution in [2.24, 2.45) is 0 Å². The summed E-state index contributed by atoms with van der Waals surface area (Å²) in [5.74, 6) is 0.180. The number of unbranched alkanes of at least 4 members (excludes halogenated alkanes) is 1. The second-order valence-corrected chi connectivity index (χ2v) is 5.24. The second-order valence-electron chi connectivity index (χ2n) is 5.24. The van der Waals surface area contributed by atoms with E-state index in [9.17, 15) is 18.0 Å². The summed E-state index contributed by atoms with van der Waals surface area (Å²) in [6.45, 7) is 2.83. The van der Waals surface area contributed by atoms with E-state index in [4.69, 9.17) is 0 Å². The summed E-state index contributed by atoms with van der Waals surface area (Å²) in [5, 5.41) is 5.68. The number of halogens is 3. The Hall–Kier alpha value is -2.57. The number of hydrogen-bond donors (Lipinski definition) is 2. The van der Waals surface area contributed by atoms with Gasteiger partial charge in [0.25, 0.3) is 5.91 Å². The molecular weight excluding hydrogens is 319 g/mol. The molecule has 0 unspecified atom stereocenters. The summed E-state index contributed by atoms with van der Waals surface area (Å²) in [7, 11) is 0. The lowest BCUT2D eigenvalue weighted by Gasteiger charge is -2.10. The summed E-state index contributed by atoms with van der Waals surface area (Å²) < 4.78 is 37.6. The predicted octanol–water partition coefficient (Wildman–Crippen LogP) is 4.56. The molecule has 24 heavy (non-hydrogen) atoms. The number of benzene rings is 1. The zero-order chi connectivity index (χ0) is 17.6. The Bertz CT molecular complexity index is 684. The van der Waals surface area contributed by atoms with Crippen LogP contribution in [0, 0.1) is 0 Å². The fraction of sp³-hybridized carbons (Fsp3) is 0.294. The fourth-order valence-corrected chi connectivity index (χ4v) is 2.01. The Morgan fingerprint density at radius 3 is 2.50 bits per heavy atom. The molecule has 1 aromatic carbocycles. The lowest BCUT2D eigenvalue weighted by atomic mass is 10.2. The van der Waals surface area contributed by atoms with Gasteiger partial charge in [0.15, 0.2) is 0 Å². The molecule has 2 N–H and O–H groups in total. The summed E-state index contributed by atoms with van der Waals surface area (Å²) in [6.07, 6.45) is -0.854. The standard InChI is InChI=1S/C17H18F3N3O/c1-2-3-9-21-15-11-12(8-10-22-15)16(24)23-14-6-4-13(5-7-14)17(18,19)20/h4-8,10-11H,2-3,9H2,1H3,(H,21,22)(H,23,24). The van der Waals surface area contributed by atoms with E-state index in [2.05, 4.69) is 22.5 Å². The summed E-state index contributed by atoms with van der Waals surface area (Å²) in [6, 6.07) is 7.46. The number of aromatic nitrogens is 1. The van der Waals surface area contributed by atoms with Gasteiger partial charge in [0.2, 0.25) is 0 Å². The van der Waals surface area contributed by atoms with Crippen LogP contribution in [0.2, 0.25) is 0 Å². The van der Waals surface area contributed by atoms with Crippen LogP contribution in [0.1, 0.15) is 35.7 Å². The summed E-state index contributed by atoms with van der Waals surface area (Å²) in [5.41, 5.74) is -0.0824. The fourth-order valence-electron chi connectivity index (χ4n) is 2.01. The molecule has 1 amide bonds. The molecule has 0 bridgehead atoms. The monoisotopic (exact) mass is 337 g/mol. The highest BCUT2D eigenvalue weighted by Gasteiger charge is 2.29. The molecule has 0 fully saturated rings. The molecule has 0 atom stereocenters. The van der Waals surface area contributed by atoms with Crippen LogP contribution in [0.3, 0.4) is 0 Å². The van der Waals surface area contributed by atoms with Crippen LogP contribution in [-0.2, 0) is 6.18 Å². The Morgan fingerprint density at radius 1 is 1.17 bits per heavy atom. The van der Waals surface area contributed by atoms with Crippen molar-refractivity contribution in [2.45, 2.75) is 25.9 Å². The van der Waals surface area contributed by atoms with E-state index in [1.165, 1.54) is 18.3 Å². The molecule has 0 aliphatic carbocycles. The highest BCUT2D eigenvalue weighted by Crippen LogP contribution is 2.29. The molecule has 0 aliphatic rings. The molecule has 2 rings (SSSR count). The molecule has 0 saturated carbocycles. The van der Waals surface area contributed by atoms with Gasteiger partial charge in [-0.15, -0.1) is 0 Å². The highest BCUT2D eigenvalue weighted by molar-refractivity contribution is 6.04. The highest BCUT2D eigenvalue weighted by atomic mass is 19.4. The minimum atomic E-state index is -4.40. The molecule has 4 nitrogen and oxygen atoms in total. The van der Waals surface area contributed by atoms with Crippen molar-refractivity contribution in [3.8, 4) is 0 Å². The molecule has 1 heterocycles. The lowest BCUT2D eigenvalue weighted by Crippen LogP contribution is -2.13. The SMILES string of the molecule is CCCCNc1cc(C(=O)Nc2ccc(C(F)(F)F)cc2)ccn1. The molecular formula is C17H18F3N3O. The van der Waals surface area contributed by atoms with E-state index in [1.54, 1.807) is 12.1 Å². The van der Waals surface area contributed by atoms with Gasteiger partial charge in [0.1, 0.15) is 5.82 Å². The maximum absolute atomic E-state index is 12.5. The van der Waals surface area contributed by atoms with Crippen molar-refractivity contribution in [3.63, 3.8) is 0 Å². The number of amides is 1. The third kappa shape index (κ3) is 4.97. The summed E-state index contributed by atoms with van der Waals surface area (Å²) >= 11 is 0. The zero-order valence-corrected chi connectivity index (χ0v) is 13.2. The van der Waals surface area contributed by atoms with Crippen LogP contribution in [0.5, 0.6) is 0 Å². The third-order valence-electron chi connectivity index (χ3n) is 3.33. The minimum Gasteiger partial charge on any atom is -0.370 e. The molecule has 0 spiro atoms. The van der Waals surface area contributed by atoms with Gasteiger partial charge in [-0.2, -0.15) is 13.2 Å². The van der Waals surface area contributed by atoms with Crippen LogP contribution in [0.25, 0.3) is 0 Å². The van der Waals surface area contributed by atoms with Gasteiger partial charge >= 0.3 is 6.18 Å². The van der Waals surface area contributed by atoms with E-state index in [-0.39, 0.29) is 0 Å². The topological polar surface area (TPSA) is 54.0 Å². The number of carbonyl (C=O) groups excluding carboxylic acids is 1. The van der Waals surface area contributed by atoms with E-state index < -0.39 is 17.6 Å². The second kappa shape index (κ2) is 7.81. The van der Waals surface area contributed by atoms with E-state index >= 15 is 0 Å². The predicted molar refractivity (Wildman–Crippen MR) is 87.0 cm³/mol. The van der Waals surface area contributed by atoms with Crippen molar-refractivity contribution in [3.05, 3.63) is 53.7 Å². The minimum absolute atomic E-state index is 0.297. The first-order valence-corrected chi connectivity index (χ1v) is 7.58. The Kier molecular flexibility index (Phi) is 5.78. The zero-order valence-electron chi connectivity index (χ0n) is 13.2. The van der Waals surface area contributed by atoms with Crippen molar-refractivity contribution >= 4 is 17.4 Å². The number of anilines is 2. The van der Waals surface area contributed by atoms with E-state index in [0.717, 1.165) is 31.5 Å². The Labute approximate surface area is 138 Å². The van der Waals surface area contributed by atoms with Crippen molar-refractivity contribution in [1.82, 2.24) is 4.98 Å². The smallest absolute Gasteiger partial charge is 0.370 e. The first kappa shape index (κ1) is 17.8. The van der Waals surface area contributed by atoms with E-state index in [0.29, 0.717) is 17.1 Å². The first-order valence-electron chi connectivity index (χ1n) is 7.58. The maximum atomic E-state index is 12.5. The molecule has 0 saturated heterocycles. The molecule has 2 aromatic rings. The van der Waals surface area contributed by atoms with Crippen LogP contribution in [0.15, 0.2) is 42.6 Å². The van der Waals surface area contributed by atoms with Gasteiger partial charge in [-0.3, -0.25) is 4.79 Å². The summed E-state index contributed by atoms with van der Waals surface area (Å²) in [4.78, 5) is 16.3. The molecule has 0 aliphatic heterocycles. The average molecular weight is 337 g/mol. The largest absolute Gasteiger partial charge is 0.416 e. The number of rotatable bonds is 6. The first-order chi connectivity index (χ1) is 11.4. The van der Waals surface area contributed by atoms with Crippen LogP contribution >= 0.6 is 0 Å². The molecule has 7 heteroatoms. The van der Waals surface area contributed by atoms with Gasteiger partial charge < -0.3 is 10.6 Å². The Morgan fingerprint density at radius 2 is 1.88 bits per heavy atom. The number of carbonyl (C=O) groups is 1. The van der Waals surface area contributed by atoms with Crippen molar-refractivity contribution < 1.29 is 18.0 Å². The average Bonchev–Trinajstić information content (AvgIpc) is 2.55. The van der Waals surface area contributed by atoms with Crippen LogP contribution < -0.4 is 10.6 Å². The van der Waals surface area contributed by atoms with Crippen molar-refractivity contribution in [1.29, 1.82) is 0 Å². The lowest BCUT2D eigenvalue weighted by molar-refractivity contribution is -0.137. The van der Waals surface area contributed by atoms with Gasteiger partial charge in [-0.1, -0.05) is 13.3 Å². The van der Waals surface area contributed by atoms with Crippen molar-refractivity contribution in [2.75, 3.05) is 17.2 Å². The van der Waals surface area contributed by atoms with Gasteiger partial charge in [-0.05, 0) is 42.8 Å². The van der Waals surface area contributed by atoms with Crippen LogP contribution in [-0.4, -0.2) is 17.4 Å². The quantitative estimate of drug-likeness (QED) is 0.760. The van der Waals surface area contributed by atoms with Crippen LogP contribution in [0.4, 0.5) is 24.7 Å². The van der Waals surface area contributed by atoms with Gasteiger partial charge in [0.05, 0.1) is 5.56 Å². The molecule has 1 aromatic heterocycles. The van der Waals surface area contributed by atoms with Gasteiger partial charge in [-0.25, -0.2) is 4.98 Å². The number of nitrogens with zero attached hydrogens (tertiary/aromatic N) is 1. The van der Waals surface area contributed by atoms with E-state index in [1.807, 2.05) is 0 Å². The number of alkyl halides is 3. The van der Waals surface area contributed by atoms with Gasteiger partial charge in [0, 0.05) is 24.0 Å². The number of nitrogens with one attached hydrogen (secondary N) is 2. The number of hydrogen-bond acceptors (Lipinski definition) is 3. The number of pyridine rings is 1. The third-order valence-corrected chi connectivity index (χ3v) is 3.33. The molecule has 128 valence electrons. The maximum Gasteiger partial charge on any atom is 0.416 e. The molecule has 0 radical (unpaired) electrons. The normalized spacial score (nSPS) is 11.2.